The molecule has 0 fully saturated rings. The molecule has 1 amide bonds. The van der Waals surface area contributed by atoms with E-state index >= 15 is 0 Å². The van der Waals surface area contributed by atoms with Gasteiger partial charge in [0.1, 0.15) is 0 Å². The molecule has 0 bridgehead atoms. The molecule has 3 nitrogen and oxygen atoms in total. The van der Waals surface area contributed by atoms with Crippen LogP contribution < -0.4 is 11.3 Å². The van der Waals surface area contributed by atoms with Gasteiger partial charge in [0.2, 0.25) is 0 Å². The molecule has 3 N–H and O–H groups in total. The summed E-state index contributed by atoms with van der Waals surface area (Å²) in [5, 5.41) is 0. The summed E-state index contributed by atoms with van der Waals surface area (Å²) in [5.74, 6) is 5.66. The van der Waals surface area contributed by atoms with Crippen LogP contribution in [0.4, 0.5) is 0 Å². The summed E-state index contributed by atoms with van der Waals surface area (Å²) in [6.45, 7) is 0. The number of hydrogen-bond donors (Lipinski definition) is 2. The second kappa shape index (κ2) is 6.75. The van der Waals surface area contributed by atoms with Crippen molar-refractivity contribution in [2.75, 3.05) is 0 Å². The summed E-state index contributed by atoms with van der Waals surface area (Å²) >= 11 is 5.17. The Morgan fingerprint density at radius 3 is 2.74 bits per heavy atom. The van der Waals surface area contributed by atoms with Crippen LogP contribution in [0.2, 0.25) is 0 Å². The molecular weight excluding hydrogens is 324 g/mol. The van der Waals surface area contributed by atoms with E-state index in [0.29, 0.717) is 5.56 Å². The summed E-state index contributed by atoms with van der Waals surface area (Å²) in [6, 6.07) is 15.6. The molecule has 19 heavy (non-hydrogen) atoms. The number of hydrazine groups is 1. The maximum atomic E-state index is 11.4. The Morgan fingerprint density at radius 1 is 1.21 bits per heavy atom. The highest BCUT2D eigenvalue weighted by atomic mass is 79.9. The molecule has 0 aromatic heterocycles. The van der Waals surface area contributed by atoms with Gasteiger partial charge in [-0.2, -0.15) is 0 Å². The van der Waals surface area contributed by atoms with E-state index in [2.05, 4.69) is 33.5 Å². The zero-order valence-corrected chi connectivity index (χ0v) is 12.5. The zero-order chi connectivity index (χ0) is 13.7. The van der Waals surface area contributed by atoms with Crippen LogP contribution in [-0.4, -0.2) is 5.91 Å². The van der Waals surface area contributed by atoms with Crippen molar-refractivity contribution in [3.05, 3.63) is 64.1 Å². The third-order valence-electron chi connectivity index (χ3n) is 2.52. The minimum Gasteiger partial charge on any atom is -0.290 e. The number of amides is 1. The van der Waals surface area contributed by atoms with Crippen LogP contribution in [0.25, 0.3) is 0 Å². The monoisotopic (exact) mass is 336 g/mol. The number of thioether (sulfide) groups is 1. The van der Waals surface area contributed by atoms with Crippen LogP contribution in [0.1, 0.15) is 15.9 Å². The van der Waals surface area contributed by atoms with Crippen LogP contribution in [0.5, 0.6) is 0 Å². The molecule has 0 unspecified atom stereocenters. The van der Waals surface area contributed by atoms with Crippen molar-refractivity contribution in [1.29, 1.82) is 0 Å². The second-order valence-corrected chi connectivity index (χ2v) is 5.88. The van der Waals surface area contributed by atoms with Gasteiger partial charge in [-0.1, -0.05) is 34.1 Å². The van der Waals surface area contributed by atoms with E-state index in [9.17, 15) is 4.79 Å². The fourth-order valence-corrected chi connectivity index (χ4v) is 3.06. The van der Waals surface area contributed by atoms with E-state index < -0.39 is 0 Å². The Kier molecular flexibility index (Phi) is 5.01. The first-order chi connectivity index (χ1) is 9.19. The summed E-state index contributed by atoms with van der Waals surface area (Å²) < 4.78 is 1.06. The minimum absolute atomic E-state index is 0.269. The summed E-state index contributed by atoms with van der Waals surface area (Å²) in [4.78, 5) is 12.6. The van der Waals surface area contributed by atoms with Gasteiger partial charge in [-0.05, 0) is 35.9 Å². The Morgan fingerprint density at radius 2 is 2.00 bits per heavy atom. The number of rotatable bonds is 4. The lowest BCUT2D eigenvalue weighted by Gasteiger charge is -2.05. The molecular formula is C14H13BrN2OS. The van der Waals surface area contributed by atoms with Gasteiger partial charge < -0.3 is 0 Å². The number of benzene rings is 2. The quantitative estimate of drug-likeness (QED) is 0.389. The normalized spacial score (nSPS) is 10.2. The van der Waals surface area contributed by atoms with E-state index in [4.69, 9.17) is 5.84 Å². The number of nitrogens with one attached hydrogen (secondary N) is 1. The lowest BCUT2D eigenvalue weighted by molar-refractivity contribution is 0.0953. The molecule has 0 aliphatic carbocycles. The van der Waals surface area contributed by atoms with Crippen molar-refractivity contribution >= 4 is 33.6 Å². The first-order valence-corrected chi connectivity index (χ1v) is 7.45. The zero-order valence-electron chi connectivity index (χ0n) is 10.1. The van der Waals surface area contributed by atoms with Crippen LogP contribution in [-0.2, 0) is 5.75 Å². The average molecular weight is 337 g/mol. The van der Waals surface area contributed by atoms with Gasteiger partial charge >= 0.3 is 0 Å². The molecule has 0 radical (unpaired) electrons. The molecule has 0 saturated carbocycles. The second-order valence-electron chi connectivity index (χ2n) is 3.92. The van der Waals surface area contributed by atoms with Crippen LogP contribution in [0.15, 0.2) is 57.9 Å². The van der Waals surface area contributed by atoms with Gasteiger partial charge in [0, 0.05) is 20.7 Å². The summed E-state index contributed by atoms with van der Waals surface area (Å²) in [6.07, 6.45) is 0. The van der Waals surface area contributed by atoms with E-state index in [-0.39, 0.29) is 5.91 Å². The summed E-state index contributed by atoms with van der Waals surface area (Å²) in [5.41, 5.74) is 3.81. The molecule has 5 heteroatoms. The third-order valence-corrected chi connectivity index (χ3v) is 4.08. The number of nitrogen functional groups attached to an aromatic ring is 1. The highest BCUT2D eigenvalue weighted by Crippen LogP contribution is 2.25. The van der Waals surface area contributed by atoms with Gasteiger partial charge in [0.15, 0.2) is 0 Å². The maximum absolute atomic E-state index is 11.4. The predicted molar refractivity (Wildman–Crippen MR) is 81.8 cm³/mol. The first-order valence-electron chi connectivity index (χ1n) is 5.67. The Hall–Kier alpha value is -1.30. The van der Waals surface area contributed by atoms with Crippen molar-refractivity contribution in [1.82, 2.24) is 5.43 Å². The molecule has 98 valence electrons. The standard InChI is InChI=1S/C14H13BrN2OS/c15-12-5-2-6-13(8-12)19-9-10-3-1-4-11(7-10)14(18)17-16/h1-8H,9,16H2,(H,17,18). The first kappa shape index (κ1) is 14.1. The van der Waals surface area contributed by atoms with Gasteiger partial charge in [-0.3, -0.25) is 10.2 Å². The lowest BCUT2D eigenvalue weighted by Crippen LogP contribution is -2.29. The SMILES string of the molecule is NNC(=O)c1cccc(CSc2cccc(Br)c2)c1. The van der Waals surface area contributed by atoms with Crippen LogP contribution in [0, 0.1) is 0 Å². The average Bonchev–Trinajstić information content (AvgIpc) is 2.45. The van der Waals surface area contributed by atoms with E-state index in [1.807, 2.05) is 30.3 Å². The Labute approximate surface area is 124 Å². The van der Waals surface area contributed by atoms with Gasteiger partial charge in [0.05, 0.1) is 0 Å². The number of hydrogen-bond acceptors (Lipinski definition) is 3. The van der Waals surface area contributed by atoms with Crippen LogP contribution >= 0.6 is 27.7 Å². The number of carbonyl (C=O) groups excluding carboxylic acids is 1. The highest BCUT2D eigenvalue weighted by Gasteiger charge is 2.04. The van der Waals surface area contributed by atoms with E-state index in [1.54, 1.807) is 17.8 Å². The smallest absolute Gasteiger partial charge is 0.265 e. The van der Waals surface area contributed by atoms with Crippen molar-refractivity contribution < 1.29 is 4.79 Å². The number of carbonyl (C=O) groups is 1. The van der Waals surface area contributed by atoms with Crippen LogP contribution in [0.3, 0.4) is 0 Å². The van der Waals surface area contributed by atoms with Crippen molar-refractivity contribution in [3.8, 4) is 0 Å². The molecule has 2 aromatic rings. The number of nitrogens with two attached hydrogens (primary N) is 1. The van der Waals surface area contributed by atoms with Gasteiger partial charge in [0.25, 0.3) is 5.91 Å². The Bertz CT molecular complexity index is 589. The predicted octanol–water partition coefficient (Wildman–Crippen LogP) is 3.34. The molecule has 0 saturated heterocycles. The van der Waals surface area contributed by atoms with Crippen molar-refractivity contribution in [3.63, 3.8) is 0 Å². The summed E-state index contributed by atoms with van der Waals surface area (Å²) in [7, 11) is 0. The minimum atomic E-state index is -0.269. The van der Waals surface area contributed by atoms with Crippen molar-refractivity contribution in [2.45, 2.75) is 10.6 Å². The maximum Gasteiger partial charge on any atom is 0.265 e. The molecule has 0 atom stereocenters. The Balaban J connectivity index is 2.05. The largest absolute Gasteiger partial charge is 0.290 e. The molecule has 0 aliphatic heterocycles. The fourth-order valence-electron chi connectivity index (χ4n) is 1.61. The number of halogens is 1. The molecule has 0 aliphatic rings. The lowest BCUT2D eigenvalue weighted by atomic mass is 10.1. The van der Waals surface area contributed by atoms with Gasteiger partial charge in [-0.25, -0.2) is 5.84 Å². The molecule has 0 spiro atoms. The van der Waals surface area contributed by atoms with E-state index in [1.165, 1.54) is 4.90 Å². The highest BCUT2D eigenvalue weighted by molar-refractivity contribution is 9.10. The van der Waals surface area contributed by atoms with E-state index in [0.717, 1.165) is 15.8 Å². The fraction of sp³-hybridized carbons (Fsp3) is 0.0714. The topological polar surface area (TPSA) is 55.1 Å². The molecule has 0 heterocycles. The molecule has 2 rings (SSSR count). The third kappa shape index (κ3) is 4.09. The van der Waals surface area contributed by atoms with Crippen molar-refractivity contribution in [2.24, 2.45) is 5.84 Å². The van der Waals surface area contributed by atoms with Gasteiger partial charge in [-0.15, -0.1) is 11.8 Å². The molecule has 2 aromatic carbocycles.